The van der Waals surface area contributed by atoms with E-state index in [1.165, 1.54) is 12.8 Å². The lowest BCUT2D eigenvalue weighted by Gasteiger charge is -2.24. The largest absolute Gasteiger partial charge is 0.334 e. The summed E-state index contributed by atoms with van der Waals surface area (Å²) >= 11 is 5.97. The lowest BCUT2D eigenvalue weighted by Crippen LogP contribution is -2.41. The average molecular weight is 305 g/mol. The first-order chi connectivity index (χ1) is 10.2. The Morgan fingerprint density at radius 3 is 3.14 bits per heavy atom. The standard InChI is InChI=1S/C15H17ClN4O/c16-10-3-4-11-12(6-10)19-14(18-11)15(21)20-7-9-2-1-5-17-13(9)8-20/h3-4,6,9,13,17H,1-2,5,7-8H2,(H,18,19)/t9-,13+/m1/s1. The van der Waals surface area contributed by atoms with E-state index in [4.69, 9.17) is 11.6 Å². The fourth-order valence-corrected chi connectivity index (χ4v) is 3.62. The van der Waals surface area contributed by atoms with E-state index < -0.39 is 0 Å². The summed E-state index contributed by atoms with van der Waals surface area (Å²) in [6.07, 6.45) is 2.41. The van der Waals surface area contributed by atoms with Gasteiger partial charge in [0.25, 0.3) is 5.91 Å². The van der Waals surface area contributed by atoms with Crippen LogP contribution in [0.15, 0.2) is 18.2 Å². The smallest absolute Gasteiger partial charge is 0.289 e. The van der Waals surface area contributed by atoms with Crippen molar-refractivity contribution in [3.63, 3.8) is 0 Å². The number of H-pyrrole nitrogens is 1. The van der Waals surface area contributed by atoms with Crippen molar-refractivity contribution in [1.29, 1.82) is 0 Å². The van der Waals surface area contributed by atoms with Gasteiger partial charge in [-0.05, 0) is 43.5 Å². The van der Waals surface area contributed by atoms with Crippen LogP contribution < -0.4 is 5.32 Å². The number of nitrogens with zero attached hydrogens (tertiary/aromatic N) is 2. The second kappa shape index (κ2) is 5.00. The van der Waals surface area contributed by atoms with Crippen LogP contribution in [0.2, 0.25) is 5.02 Å². The van der Waals surface area contributed by atoms with Gasteiger partial charge in [-0.2, -0.15) is 0 Å². The highest BCUT2D eigenvalue weighted by molar-refractivity contribution is 6.31. The number of nitrogens with one attached hydrogen (secondary N) is 2. The molecule has 2 saturated heterocycles. The Bertz CT molecular complexity index is 684. The predicted molar refractivity (Wildman–Crippen MR) is 81.5 cm³/mol. The van der Waals surface area contributed by atoms with Crippen LogP contribution in [0, 0.1) is 5.92 Å². The summed E-state index contributed by atoms with van der Waals surface area (Å²) in [4.78, 5) is 22.0. The quantitative estimate of drug-likeness (QED) is 0.847. The average Bonchev–Trinajstić information content (AvgIpc) is 3.09. The molecule has 2 N–H and O–H groups in total. The minimum absolute atomic E-state index is 0.0153. The van der Waals surface area contributed by atoms with Gasteiger partial charge < -0.3 is 15.2 Å². The van der Waals surface area contributed by atoms with E-state index >= 15 is 0 Å². The molecular weight excluding hydrogens is 288 g/mol. The Hall–Kier alpha value is -1.59. The van der Waals surface area contributed by atoms with Gasteiger partial charge in [0.1, 0.15) is 0 Å². The molecule has 4 rings (SSSR count). The molecule has 2 aliphatic rings. The lowest BCUT2D eigenvalue weighted by molar-refractivity contribution is 0.0775. The van der Waals surface area contributed by atoms with Crippen molar-refractivity contribution in [1.82, 2.24) is 20.2 Å². The summed E-state index contributed by atoms with van der Waals surface area (Å²) in [7, 11) is 0. The fraction of sp³-hybridized carbons (Fsp3) is 0.467. The molecule has 0 saturated carbocycles. The third kappa shape index (κ3) is 2.30. The normalized spacial score (nSPS) is 25.3. The van der Waals surface area contributed by atoms with Gasteiger partial charge in [0.15, 0.2) is 5.82 Å². The molecule has 2 aromatic rings. The Balaban J connectivity index is 1.58. The van der Waals surface area contributed by atoms with Crippen molar-refractivity contribution in [2.75, 3.05) is 19.6 Å². The number of aromatic nitrogens is 2. The van der Waals surface area contributed by atoms with Crippen LogP contribution in [0.5, 0.6) is 0 Å². The van der Waals surface area contributed by atoms with Gasteiger partial charge in [0.2, 0.25) is 0 Å². The zero-order valence-electron chi connectivity index (χ0n) is 11.6. The predicted octanol–water partition coefficient (Wildman–Crippen LogP) is 2.04. The van der Waals surface area contributed by atoms with Crippen molar-refractivity contribution in [3.05, 3.63) is 29.0 Å². The molecule has 2 fully saturated rings. The fourth-order valence-electron chi connectivity index (χ4n) is 3.45. The molecule has 5 nitrogen and oxygen atoms in total. The van der Waals surface area contributed by atoms with Gasteiger partial charge in [-0.25, -0.2) is 4.98 Å². The molecule has 0 unspecified atom stereocenters. The number of hydrogen-bond donors (Lipinski definition) is 2. The van der Waals surface area contributed by atoms with Crippen molar-refractivity contribution < 1.29 is 4.79 Å². The van der Waals surface area contributed by atoms with Gasteiger partial charge in [0, 0.05) is 24.2 Å². The number of benzene rings is 1. The van der Waals surface area contributed by atoms with Gasteiger partial charge in [-0.1, -0.05) is 11.6 Å². The molecular formula is C15H17ClN4O. The highest BCUT2D eigenvalue weighted by atomic mass is 35.5. The molecule has 0 spiro atoms. The number of carbonyl (C=O) groups is 1. The van der Waals surface area contributed by atoms with E-state index in [-0.39, 0.29) is 5.91 Å². The Labute approximate surface area is 127 Å². The molecule has 2 aliphatic heterocycles. The molecule has 1 amide bonds. The minimum atomic E-state index is -0.0153. The number of amides is 1. The molecule has 0 radical (unpaired) electrons. The van der Waals surface area contributed by atoms with Gasteiger partial charge in [0.05, 0.1) is 11.0 Å². The maximum atomic E-state index is 12.6. The molecule has 0 bridgehead atoms. The Kier molecular flexibility index (Phi) is 3.12. The second-order valence-corrected chi connectivity index (χ2v) is 6.36. The number of likely N-dealkylation sites (tertiary alicyclic amines) is 1. The van der Waals surface area contributed by atoms with Crippen LogP contribution in [-0.4, -0.2) is 46.5 Å². The summed E-state index contributed by atoms with van der Waals surface area (Å²) in [5.41, 5.74) is 1.58. The number of rotatable bonds is 1. The second-order valence-electron chi connectivity index (χ2n) is 5.92. The van der Waals surface area contributed by atoms with Crippen LogP contribution in [0.1, 0.15) is 23.5 Å². The van der Waals surface area contributed by atoms with Crippen LogP contribution in [0.3, 0.4) is 0 Å². The number of halogens is 1. The third-order valence-corrected chi connectivity index (χ3v) is 4.77. The summed E-state index contributed by atoms with van der Waals surface area (Å²) in [6.45, 7) is 2.67. The van der Waals surface area contributed by atoms with Crippen LogP contribution in [-0.2, 0) is 0 Å². The van der Waals surface area contributed by atoms with Crippen molar-refractivity contribution in [3.8, 4) is 0 Å². The van der Waals surface area contributed by atoms with E-state index in [0.29, 0.717) is 22.8 Å². The zero-order valence-corrected chi connectivity index (χ0v) is 12.4. The first kappa shape index (κ1) is 13.1. The first-order valence-corrected chi connectivity index (χ1v) is 7.76. The van der Waals surface area contributed by atoms with Gasteiger partial charge in [-0.15, -0.1) is 0 Å². The van der Waals surface area contributed by atoms with E-state index in [1.54, 1.807) is 12.1 Å². The molecule has 110 valence electrons. The Morgan fingerprint density at radius 2 is 2.29 bits per heavy atom. The number of piperidine rings is 1. The van der Waals surface area contributed by atoms with Crippen molar-refractivity contribution >= 4 is 28.5 Å². The number of imidazole rings is 1. The summed E-state index contributed by atoms with van der Waals surface area (Å²) in [5.74, 6) is 0.978. The molecule has 6 heteroatoms. The van der Waals surface area contributed by atoms with Gasteiger partial charge >= 0.3 is 0 Å². The SMILES string of the molecule is O=C(c1nc2ccc(Cl)cc2[nH]1)N1C[C@H]2CCCN[C@H]2C1. The highest BCUT2D eigenvalue weighted by Crippen LogP contribution is 2.26. The molecule has 1 aromatic carbocycles. The lowest BCUT2D eigenvalue weighted by atomic mass is 9.94. The van der Waals surface area contributed by atoms with Crippen LogP contribution in [0.4, 0.5) is 0 Å². The number of aromatic amines is 1. The number of fused-ring (bicyclic) bond motifs is 2. The maximum Gasteiger partial charge on any atom is 0.289 e. The van der Waals surface area contributed by atoms with E-state index in [0.717, 1.165) is 30.7 Å². The first-order valence-electron chi connectivity index (χ1n) is 7.38. The van der Waals surface area contributed by atoms with Crippen molar-refractivity contribution in [2.24, 2.45) is 5.92 Å². The molecule has 1 aromatic heterocycles. The number of carbonyl (C=O) groups excluding carboxylic acids is 1. The van der Waals surface area contributed by atoms with E-state index in [2.05, 4.69) is 15.3 Å². The molecule has 21 heavy (non-hydrogen) atoms. The van der Waals surface area contributed by atoms with Crippen molar-refractivity contribution in [2.45, 2.75) is 18.9 Å². The topological polar surface area (TPSA) is 61.0 Å². The number of hydrogen-bond acceptors (Lipinski definition) is 3. The zero-order chi connectivity index (χ0) is 14.4. The van der Waals surface area contributed by atoms with E-state index in [9.17, 15) is 4.79 Å². The third-order valence-electron chi connectivity index (χ3n) is 4.53. The molecule has 0 aliphatic carbocycles. The minimum Gasteiger partial charge on any atom is -0.334 e. The van der Waals surface area contributed by atoms with Gasteiger partial charge in [-0.3, -0.25) is 4.79 Å². The van der Waals surface area contributed by atoms with Crippen LogP contribution >= 0.6 is 11.6 Å². The molecule has 2 atom stereocenters. The Morgan fingerprint density at radius 1 is 1.38 bits per heavy atom. The van der Waals surface area contributed by atoms with E-state index in [1.807, 2.05) is 11.0 Å². The summed E-state index contributed by atoms with van der Waals surface area (Å²) in [6, 6.07) is 5.86. The summed E-state index contributed by atoms with van der Waals surface area (Å²) < 4.78 is 0. The highest BCUT2D eigenvalue weighted by Gasteiger charge is 2.37. The van der Waals surface area contributed by atoms with Crippen LogP contribution in [0.25, 0.3) is 11.0 Å². The molecule has 3 heterocycles. The summed E-state index contributed by atoms with van der Waals surface area (Å²) in [5, 5.41) is 4.15. The monoisotopic (exact) mass is 304 g/mol. The maximum absolute atomic E-state index is 12.6.